The second kappa shape index (κ2) is 5.17. The number of piperidine rings is 1. The third kappa shape index (κ3) is 2.33. The molecule has 0 radical (unpaired) electrons. The third-order valence-corrected chi connectivity index (χ3v) is 4.85. The monoisotopic (exact) mass is 284 g/mol. The molecule has 1 unspecified atom stereocenters. The molecule has 4 rings (SSSR count). The number of aromatic nitrogens is 1. The zero-order chi connectivity index (χ0) is 14.2. The molecule has 2 fully saturated rings. The van der Waals surface area contributed by atoms with Crippen molar-refractivity contribution in [2.45, 2.75) is 38.0 Å². The van der Waals surface area contributed by atoms with Crippen molar-refractivity contribution < 1.29 is 9.21 Å². The topological polar surface area (TPSA) is 46.3 Å². The van der Waals surface area contributed by atoms with E-state index in [1.165, 1.54) is 6.42 Å². The molecule has 1 aromatic carbocycles. The standard InChI is InChI=1S/C17H20N2O2/c20-17(12-5-3-6-12)19-10-4-7-13(11-19)16-18-14-8-1-2-9-15(14)21-16/h1-2,8-9,12-13H,3-7,10-11H2. The largest absolute Gasteiger partial charge is 0.440 e. The molecule has 1 saturated heterocycles. The van der Waals surface area contributed by atoms with Crippen LogP contribution in [0.1, 0.15) is 43.9 Å². The van der Waals surface area contributed by atoms with E-state index in [-0.39, 0.29) is 11.8 Å². The van der Waals surface area contributed by atoms with Crippen LogP contribution < -0.4 is 0 Å². The molecule has 0 bridgehead atoms. The van der Waals surface area contributed by atoms with Crippen molar-refractivity contribution >= 4 is 17.0 Å². The summed E-state index contributed by atoms with van der Waals surface area (Å²) in [4.78, 5) is 19.0. The van der Waals surface area contributed by atoms with Gasteiger partial charge < -0.3 is 9.32 Å². The minimum atomic E-state index is 0.246. The van der Waals surface area contributed by atoms with E-state index in [4.69, 9.17) is 4.42 Å². The van der Waals surface area contributed by atoms with Crippen LogP contribution in [0, 0.1) is 5.92 Å². The van der Waals surface area contributed by atoms with E-state index in [1.54, 1.807) is 0 Å². The fourth-order valence-electron chi connectivity index (χ4n) is 3.36. The normalized spacial score (nSPS) is 23.2. The maximum Gasteiger partial charge on any atom is 0.225 e. The molecule has 1 aliphatic carbocycles. The Balaban J connectivity index is 1.53. The second-order valence-corrected chi connectivity index (χ2v) is 6.27. The molecule has 1 amide bonds. The van der Waals surface area contributed by atoms with Crippen molar-refractivity contribution in [1.29, 1.82) is 0 Å². The number of amides is 1. The minimum Gasteiger partial charge on any atom is -0.440 e. The van der Waals surface area contributed by atoms with E-state index in [2.05, 4.69) is 4.98 Å². The van der Waals surface area contributed by atoms with Gasteiger partial charge in [-0.2, -0.15) is 0 Å². The number of benzene rings is 1. The average Bonchev–Trinajstić information content (AvgIpc) is 2.89. The lowest BCUT2D eigenvalue weighted by molar-refractivity contribution is -0.139. The zero-order valence-corrected chi connectivity index (χ0v) is 12.1. The lowest BCUT2D eigenvalue weighted by Crippen LogP contribution is -2.44. The maximum atomic E-state index is 12.4. The average molecular weight is 284 g/mol. The Labute approximate surface area is 124 Å². The molecular formula is C17H20N2O2. The molecule has 110 valence electrons. The number of hydrogen-bond donors (Lipinski definition) is 0. The molecule has 2 aliphatic rings. The quantitative estimate of drug-likeness (QED) is 0.849. The number of likely N-dealkylation sites (tertiary alicyclic amines) is 1. The van der Waals surface area contributed by atoms with Crippen LogP contribution in [0.25, 0.3) is 11.1 Å². The molecule has 1 atom stereocenters. The molecule has 2 aromatic rings. The SMILES string of the molecule is O=C(C1CCC1)N1CCCC(c2nc3ccccc3o2)C1. The third-order valence-electron chi connectivity index (χ3n) is 4.85. The van der Waals surface area contributed by atoms with Crippen LogP contribution in [0.4, 0.5) is 0 Å². The Bertz CT molecular complexity index is 627. The van der Waals surface area contributed by atoms with Crippen LogP contribution in [-0.4, -0.2) is 28.9 Å². The first-order chi connectivity index (χ1) is 10.3. The molecule has 0 N–H and O–H groups in total. The number of para-hydroxylation sites is 2. The van der Waals surface area contributed by atoms with E-state index >= 15 is 0 Å². The lowest BCUT2D eigenvalue weighted by atomic mass is 9.83. The van der Waals surface area contributed by atoms with E-state index in [9.17, 15) is 4.79 Å². The van der Waals surface area contributed by atoms with Gasteiger partial charge in [0.1, 0.15) is 5.52 Å². The van der Waals surface area contributed by atoms with Crippen molar-refractivity contribution in [1.82, 2.24) is 9.88 Å². The minimum absolute atomic E-state index is 0.246. The number of hydrogen-bond acceptors (Lipinski definition) is 3. The van der Waals surface area contributed by atoms with Crippen molar-refractivity contribution in [2.24, 2.45) is 5.92 Å². The van der Waals surface area contributed by atoms with Crippen molar-refractivity contribution in [3.63, 3.8) is 0 Å². The Morgan fingerprint density at radius 2 is 2.05 bits per heavy atom. The van der Waals surface area contributed by atoms with Gasteiger partial charge in [-0.05, 0) is 37.8 Å². The first kappa shape index (κ1) is 12.9. The van der Waals surface area contributed by atoms with Crippen molar-refractivity contribution in [3.8, 4) is 0 Å². The first-order valence-electron chi connectivity index (χ1n) is 7.95. The van der Waals surface area contributed by atoms with Gasteiger partial charge in [0, 0.05) is 19.0 Å². The van der Waals surface area contributed by atoms with Crippen molar-refractivity contribution in [2.75, 3.05) is 13.1 Å². The Morgan fingerprint density at radius 3 is 2.81 bits per heavy atom. The summed E-state index contributed by atoms with van der Waals surface area (Å²) in [6.45, 7) is 1.66. The summed E-state index contributed by atoms with van der Waals surface area (Å²) in [5.41, 5.74) is 1.75. The highest BCUT2D eigenvalue weighted by Crippen LogP contribution is 2.33. The number of rotatable bonds is 2. The van der Waals surface area contributed by atoms with E-state index < -0.39 is 0 Å². The smallest absolute Gasteiger partial charge is 0.225 e. The summed E-state index contributed by atoms with van der Waals surface area (Å²) < 4.78 is 5.89. The molecule has 4 heteroatoms. The summed E-state index contributed by atoms with van der Waals surface area (Å²) >= 11 is 0. The van der Waals surface area contributed by atoms with Crippen LogP contribution in [0.5, 0.6) is 0 Å². The van der Waals surface area contributed by atoms with Crippen LogP contribution >= 0.6 is 0 Å². The summed E-state index contributed by atoms with van der Waals surface area (Å²) in [6, 6.07) is 7.86. The number of fused-ring (bicyclic) bond motifs is 1. The van der Waals surface area contributed by atoms with E-state index in [1.807, 2.05) is 29.2 Å². The van der Waals surface area contributed by atoms with Gasteiger partial charge in [0.2, 0.25) is 5.91 Å². The van der Waals surface area contributed by atoms with Crippen LogP contribution in [-0.2, 0) is 4.79 Å². The molecule has 2 heterocycles. The van der Waals surface area contributed by atoms with Crippen LogP contribution in [0.15, 0.2) is 28.7 Å². The van der Waals surface area contributed by atoms with Gasteiger partial charge >= 0.3 is 0 Å². The predicted molar refractivity (Wildman–Crippen MR) is 79.9 cm³/mol. The summed E-state index contributed by atoms with van der Waals surface area (Å²) in [7, 11) is 0. The molecule has 4 nitrogen and oxygen atoms in total. The number of oxazole rings is 1. The molecule has 21 heavy (non-hydrogen) atoms. The lowest BCUT2D eigenvalue weighted by Gasteiger charge is -2.36. The highest BCUT2D eigenvalue weighted by Gasteiger charge is 2.33. The predicted octanol–water partition coefficient (Wildman–Crippen LogP) is 3.33. The number of carbonyl (C=O) groups excluding carboxylic acids is 1. The fraction of sp³-hybridized carbons (Fsp3) is 0.529. The molecule has 1 aliphatic heterocycles. The molecule has 1 saturated carbocycles. The van der Waals surface area contributed by atoms with E-state index in [0.29, 0.717) is 5.91 Å². The van der Waals surface area contributed by atoms with Crippen LogP contribution in [0.3, 0.4) is 0 Å². The van der Waals surface area contributed by atoms with E-state index in [0.717, 1.165) is 55.8 Å². The van der Waals surface area contributed by atoms with Gasteiger partial charge in [0.15, 0.2) is 11.5 Å². The molecular weight excluding hydrogens is 264 g/mol. The second-order valence-electron chi connectivity index (χ2n) is 6.27. The number of carbonyl (C=O) groups is 1. The summed E-state index contributed by atoms with van der Waals surface area (Å²) in [5, 5.41) is 0. The van der Waals surface area contributed by atoms with Crippen molar-refractivity contribution in [3.05, 3.63) is 30.2 Å². The van der Waals surface area contributed by atoms with Gasteiger partial charge in [-0.15, -0.1) is 0 Å². The molecule has 1 aromatic heterocycles. The zero-order valence-electron chi connectivity index (χ0n) is 12.1. The summed E-state index contributed by atoms with van der Waals surface area (Å²) in [5.74, 6) is 1.67. The fourth-order valence-corrected chi connectivity index (χ4v) is 3.36. The van der Waals surface area contributed by atoms with Gasteiger partial charge in [-0.3, -0.25) is 4.79 Å². The summed E-state index contributed by atoms with van der Waals surface area (Å²) in [6.07, 6.45) is 5.45. The number of nitrogens with zero attached hydrogens (tertiary/aromatic N) is 2. The molecule has 0 spiro atoms. The van der Waals surface area contributed by atoms with Gasteiger partial charge in [-0.1, -0.05) is 18.6 Å². The highest BCUT2D eigenvalue weighted by atomic mass is 16.3. The Morgan fingerprint density at radius 1 is 1.19 bits per heavy atom. The Kier molecular flexibility index (Phi) is 3.17. The first-order valence-corrected chi connectivity index (χ1v) is 7.95. The van der Waals surface area contributed by atoms with Crippen LogP contribution in [0.2, 0.25) is 0 Å². The Hall–Kier alpha value is -1.84. The maximum absolute atomic E-state index is 12.4. The van der Waals surface area contributed by atoms with Gasteiger partial charge in [0.25, 0.3) is 0 Å². The van der Waals surface area contributed by atoms with Gasteiger partial charge in [0.05, 0.1) is 5.92 Å². The highest BCUT2D eigenvalue weighted by molar-refractivity contribution is 5.79. The van der Waals surface area contributed by atoms with Gasteiger partial charge in [-0.25, -0.2) is 4.98 Å².